The number of hydrogen-bond donors (Lipinski definition) is 3. The lowest BCUT2D eigenvalue weighted by Gasteiger charge is -2.05. The fourth-order valence-electron chi connectivity index (χ4n) is 0.906. The Labute approximate surface area is 81.0 Å². The maximum absolute atomic E-state index is 7.11. The van der Waals surface area contributed by atoms with Crippen molar-refractivity contribution in [1.29, 1.82) is 5.41 Å². The zero-order valence-electron chi connectivity index (χ0n) is 7.66. The fraction of sp³-hybridized carbons (Fsp3) is 0.571. The third-order valence-corrected chi connectivity index (χ3v) is 2.35. The van der Waals surface area contributed by atoms with Gasteiger partial charge in [0.1, 0.15) is 5.82 Å². The van der Waals surface area contributed by atoms with Crippen LogP contribution in [0.2, 0.25) is 0 Å². The predicted octanol–water partition coefficient (Wildman–Crippen LogP) is 0.920. The summed E-state index contributed by atoms with van der Waals surface area (Å²) in [6.45, 7) is 3.85. The lowest BCUT2D eigenvalue weighted by Crippen LogP contribution is -2.14. The second-order valence-corrected chi connectivity index (χ2v) is 4.27. The Morgan fingerprint density at radius 2 is 2.46 bits per heavy atom. The van der Waals surface area contributed by atoms with Crippen LogP contribution >= 0.6 is 11.8 Å². The maximum Gasteiger partial charge on any atom is 0.208 e. The van der Waals surface area contributed by atoms with Gasteiger partial charge in [-0.25, -0.2) is 4.98 Å². The van der Waals surface area contributed by atoms with Gasteiger partial charge >= 0.3 is 0 Å². The van der Waals surface area contributed by atoms with E-state index in [4.69, 9.17) is 11.1 Å². The van der Waals surface area contributed by atoms with E-state index in [9.17, 15) is 0 Å². The van der Waals surface area contributed by atoms with Crippen molar-refractivity contribution in [3.63, 3.8) is 0 Å². The molecule has 0 aliphatic rings. The number of aromatic nitrogens is 3. The van der Waals surface area contributed by atoms with Crippen molar-refractivity contribution in [2.45, 2.75) is 30.7 Å². The molecule has 1 unspecified atom stereocenters. The molecule has 0 aliphatic heterocycles. The van der Waals surface area contributed by atoms with Crippen LogP contribution in [-0.2, 0) is 0 Å². The molecule has 0 bridgehead atoms. The number of nitrogens with one attached hydrogen (secondary N) is 2. The lowest BCUT2D eigenvalue weighted by molar-refractivity contribution is 0.941. The highest BCUT2D eigenvalue weighted by molar-refractivity contribution is 7.99. The second kappa shape index (κ2) is 4.27. The molecule has 1 aromatic rings. The molecule has 0 saturated carbocycles. The van der Waals surface area contributed by atoms with Crippen molar-refractivity contribution >= 4 is 17.6 Å². The van der Waals surface area contributed by atoms with Gasteiger partial charge in [0.15, 0.2) is 0 Å². The first-order valence-electron chi connectivity index (χ1n) is 3.96. The molecule has 0 aromatic carbocycles. The average Bonchev–Trinajstić information content (AvgIpc) is 2.33. The SMILES string of the molecule is Cc1nc(SC(C)CC(=N)N)n[nH]1. The van der Waals surface area contributed by atoms with Crippen LogP contribution < -0.4 is 5.73 Å². The number of aromatic amines is 1. The van der Waals surface area contributed by atoms with Gasteiger partial charge in [0.25, 0.3) is 0 Å². The molecule has 13 heavy (non-hydrogen) atoms. The van der Waals surface area contributed by atoms with Gasteiger partial charge in [-0.15, -0.1) is 5.10 Å². The van der Waals surface area contributed by atoms with Crippen LogP contribution in [0.3, 0.4) is 0 Å². The Morgan fingerprint density at radius 1 is 1.77 bits per heavy atom. The Morgan fingerprint density at radius 3 is 2.92 bits per heavy atom. The van der Waals surface area contributed by atoms with Crippen LogP contribution in [0.4, 0.5) is 0 Å². The monoisotopic (exact) mass is 199 g/mol. The smallest absolute Gasteiger partial charge is 0.208 e. The Bertz CT molecular complexity index is 295. The summed E-state index contributed by atoms with van der Waals surface area (Å²) in [7, 11) is 0. The second-order valence-electron chi connectivity index (χ2n) is 2.86. The summed E-state index contributed by atoms with van der Waals surface area (Å²) in [5, 5.41) is 14.8. The number of amidine groups is 1. The van der Waals surface area contributed by atoms with Crippen molar-refractivity contribution in [1.82, 2.24) is 15.2 Å². The van der Waals surface area contributed by atoms with Crippen LogP contribution in [0, 0.1) is 12.3 Å². The van der Waals surface area contributed by atoms with E-state index in [2.05, 4.69) is 15.2 Å². The molecule has 1 rings (SSSR count). The largest absolute Gasteiger partial charge is 0.388 e. The first kappa shape index (κ1) is 10.0. The molecular formula is C7H13N5S. The fourth-order valence-corrected chi connectivity index (χ4v) is 1.82. The Balaban J connectivity index is 2.44. The average molecular weight is 199 g/mol. The molecule has 0 amide bonds. The molecule has 0 saturated heterocycles. The summed E-state index contributed by atoms with van der Waals surface area (Å²) in [5.74, 6) is 1.00. The van der Waals surface area contributed by atoms with Gasteiger partial charge in [0.2, 0.25) is 5.16 Å². The zero-order chi connectivity index (χ0) is 9.84. The number of aryl methyl sites for hydroxylation is 1. The van der Waals surface area contributed by atoms with Gasteiger partial charge in [0, 0.05) is 11.7 Å². The lowest BCUT2D eigenvalue weighted by atomic mass is 10.3. The van der Waals surface area contributed by atoms with Crippen LogP contribution in [0.25, 0.3) is 0 Å². The number of nitrogens with zero attached hydrogens (tertiary/aromatic N) is 2. The third-order valence-electron chi connectivity index (χ3n) is 1.39. The minimum absolute atomic E-state index is 0.201. The van der Waals surface area contributed by atoms with E-state index >= 15 is 0 Å². The van der Waals surface area contributed by atoms with E-state index in [0.29, 0.717) is 11.6 Å². The van der Waals surface area contributed by atoms with Crippen LogP contribution in [-0.4, -0.2) is 26.3 Å². The van der Waals surface area contributed by atoms with Crippen molar-refractivity contribution in [2.75, 3.05) is 0 Å². The Kier molecular flexibility index (Phi) is 3.30. The molecule has 5 nitrogen and oxygen atoms in total. The normalized spacial score (nSPS) is 12.8. The summed E-state index contributed by atoms with van der Waals surface area (Å²) < 4.78 is 0. The molecule has 0 aliphatic carbocycles. The molecular weight excluding hydrogens is 186 g/mol. The van der Waals surface area contributed by atoms with Gasteiger partial charge in [0.05, 0.1) is 5.84 Å². The summed E-state index contributed by atoms with van der Waals surface area (Å²) in [6, 6.07) is 0. The predicted molar refractivity (Wildman–Crippen MR) is 53.0 cm³/mol. The molecule has 1 atom stereocenters. The highest BCUT2D eigenvalue weighted by Gasteiger charge is 2.08. The summed E-state index contributed by atoms with van der Waals surface area (Å²) in [4.78, 5) is 4.14. The standard InChI is InChI=1S/C7H13N5S/c1-4(3-6(8)9)13-7-10-5(2)11-12-7/h4H,3H2,1-2H3,(H3,8,9)(H,10,11,12). The van der Waals surface area contributed by atoms with E-state index in [1.165, 1.54) is 11.8 Å². The van der Waals surface area contributed by atoms with Gasteiger partial charge in [-0.05, 0) is 6.92 Å². The third kappa shape index (κ3) is 3.45. The van der Waals surface area contributed by atoms with Gasteiger partial charge in [-0.1, -0.05) is 18.7 Å². The van der Waals surface area contributed by atoms with E-state index < -0.39 is 0 Å². The highest BCUT2D eigenvalue weighted by atomic mass is 32.2. The van der Waals surface area contributed by atoms with E-state index in [1.54, 1.807) is 0 Å². The van der Waals surface area contributed by atoms with Crippen LogP contribution in [0.5, 0.6) is 0 Å². The summed E-state index contributed by atoms with van der Waals surface area (Å²) in [6.07, 6.45) is 0.568. The number of H-pyrrole nitrogens is 1. The maximum atomic E-state index is 7.11. The molecule has 0 radical (unpaired) electrons. The van der Waals surface area contributed by atoms with E-state index in [0.717, 1.165) is 5.82 Å². The Hall–Kier alpha value is -1.04. The summed E-state index contributed by atoms with van der Waals surface area (Å²) >= 11 is 1.52. The number of nitrogens with two attached hydrogens (primary N) is 1. The minimum Gasteiger partial charge on any atom is -0.388 e. The van der Waals surface area contributed by atoms with Gasteiger partial charge < -0.3 is 5.73 Å². The first-order chi connectivity index (χ1) is 6.08. The van der Waals surface area contributed by atoms with Gasteiger partial charge in [-0.3, -0.25) is 10.5 Å². The molecule has 1 aromatic heterocycles. The van der Waals surface area contributed by atoms with Crippen molar-refractivity contribution < 1.29 is 0 Å². The first-order valence-corrected chi connectivity index (χ1v) is 4.84. The van der Waals surface area contributed by atoms with E-state index in [1.807, 2.05) is 13.8 Å². The quantitative estimate of drug-likeness (QED) is 0.382. The zero-order valence-corrected chi connectivity index (χ0v) is 8.48. The minimum atomic E-state index is 0.201. The molecule has 0 spiro atoms. The van der Waals surface area contributed by atoms with Crippen molar-refractivity contribution in [3.8, 4) is 0 Å². The molecule has 1 heterocycles. The van der Waals surface area contributed by atoms with Crippen molar-refractivity contribution in [3.05, 3.63) is 5.82 Å². The number of rotatable bonds is 4. The van der Waals surface area contributed by atoms with E-state index in [-0.39, 0.29) is 11.1 Å². The molecule has 72 valence electrons. The topological polar surface area (TPSA) is 91.4 Å². The van der Waals surface area contributed by atoms with Gasteiger partial charge in [-0.2, -0.15) is 0 Å². The molecule has 0 fully saturated rings. The summed E-state index contributed by atoms with van der Waals surface area (Å²) in [5.41, 5.74) is 5.27. The number of thioether (sulfide) groups is 1. The number of hydrogen-bond acceptors (Lipinski definition) is 4. The highest BCUT2D eigenvalue weighted by Crippen LogP contribution is 2.20. The van der Waals surface area contributed by atoms with Crippen LogP contribution in [0.15, 0.2) is 5.16 Å². The van der Waals surface area contributed by atoms with Crippen LogP contribution in [0.1, 0.15) is 19.2 Å². The molecule has 4 N–H and O–H groups in total. The molecule has 6 heteroatoms. The van der Waals surface area contributed by atoms with Crippen molar-refractivity contribution in [2.24, 2.45) is 5.73 Å².